The number of rotatable bonds is 2. The average molecular weight is 260 g/mol. The minimum Gasteiger partial charge on any atom is -0.497 e. The molecule has 2 heterocycles. The highest BCUT2D eigenvalue weighted by Crippen LogP contribution is 2.40. The Morgan fingerprint density at radius 3 is 3.00 bits per heavy atom. The normalized spacial score (nSPS) is 29.1. The fourth-order valence-corrected chi connectivity index (χ4v) is 3.66. The average Bonchev–Trinajstić information content (AvgIpc) is 2.74. The predicted octanol–water partition coefficient (Wildman–Crippen LogP) is 2.52. The molecule has 2 fully saturated rings. The van der Waals surface area contributed by atoms with E-state index in [4.69, 9.17) is 4.74 Å². The lowest BCUT2D eigenvalue weighted by Gasteiger charge is -2.40. The molecule has 3 nitrogen and oxygen atoms in total. The Balaban J connectivity index is 1.75. The molecule has 3 rings (SSSR count). The lowest BCUT2D eigenvalue weighted by atomic mass is 9.75. The molecule has 1 aromatic rings. The third-order valence-corrected chi connectivity index (χ3v) is 4.85. The first-order valence-corrected chi connectivity index (χ1v) is 7.22. The Labute approximate surface area is 115 Å². The highest BCUT2D eigenvalue weighted by molar-refractivity contribution is 5.51. The largest absolute Gasteiger partial charge is 0.497 e. The van der Waals surface area contributed by atoms with Crippen molar-refractivity contribution in [3.8, 4) is 5.75 Å². The summed E-state index contributed by atoms with van der Waals surface area (Å²) in [4.78, 5) is 2.48. The first-order chi connectivity index (χ1) is 9.10. The highest BCUT2D eigenvalue weighted by Gasteiger charge is 2.44. The van der Waals surface area contributed by atoms with Gasteiger partial charge in [-0.2, -0.15) is 0 Å². The van der Waals surface area contributed by atoms with Crippen molar-refractivity contribution in [2.75, 3.05) is 31.6 Å². The van der Waals surface area contributed by atoms with Gasteiger partial charge in [-0.1, -0.05) is 19.9 Å². The molecular formula is C16H24N2O. The van der Waals surface area contributed by atoms with Crippen LogP contribution in [-0.4, -0.2) is 32.8 Å². The van der Waals surface area contributed by atoms with Gasteiger partial charge in [0.25, 0.3) is 0 Å². The molecular weight excluding hydrogens is 236 g/mol. The maximum absolute atomic E-state index is 5.32. The van der Waals surface area contributed by atoms with Gasteiger partial charge in [-0.15, -0.1) is 0 Å². The molecule has 2 aliphatic rings. The van der Waals surface area contributed by atoms with Crippen LogP contribution in [0.5, 0.6) is 5.75 Å². The van der Waals surface area contributed by atoms with E-state index in [1.165, 1.54) is 12.1 Å². The molecule has 3 heteroatoms. The third-order valence-electron chi connectivity index (χ3n) is 4.85. The van der Waals surface area contributed by atoms with Crippen LogP contribution in [0, 0.1) is 11.3 Å². The van der Waals surface area contributed by atoms with Gasteiger partial charge < -0.3 is 15.0 Å². The minimum atomic E-state index is 0.450. The zero-order valence-corrected chi connectivity index (χ0v) is 12.1. The van der Waals surface area contributed by atoms with E-state index in [2.05, 4.69) is 42.3 Å². The Morgan fingerprint density at radius 2 is 2.21 bits per heavy atom. The topological polar surface area (TPSA) is 24.5 Å². The Kier molecular flexibility index (Phi) is 3.17. The van der Waals surface area contributed by atoms with Crippen molar-refractivity contribution in [1.82, 2.24) is 5.32 Å². The summed E-state index contributed by atoms with van der Waals surface area (Å²) in [5.41, 5.74) is 1.73. The van der Waals surface area contributed by atoms with Crippen LogP contribution in [-0.2, 0) is 0 Å². The molecule has 1 aromatic carbocycles. The Morgan fingerprint density at radius 1 is 1.37 bits per heavy atom. The van der Waals surface area contributed by atoms with Crippen LogP contribution in [0.2, 0.25) is 0 Å². The quantitative estimate of drug-likeness (QED) is 0.884. The number of hydrogen-bond donors (Lipinski definition) is 1. The van der Waals surface area contributed by atoms with Crippen LogP contribution in [0.15, 0.2) is 24.3 Å². The predicted molar refractivity (Wildman–Crippen MR) is 78.9 cm³/mol. The van der Waals surface area contributed by atoms with Crippen molar-refractivity contribution in [3.05, 3.63) is 24.3 Å². The van der Waals surface area contributed by atoms with Gasteiger partial charge in [-0.25, -0.2) is 0 Å². The molecule has 104 valence electrons. The number of piperidine rings is 1. The summed E-state index contributed by atoms with van der Waals surface area (Å²) in [5, 5.41) is 3.70. The second-order valence-electron chi connectivity index (χ2n) is 6.52. The third kappa shape index (κ3) is 2.32. The van der Waals surface area contributed by atoms with Gasteiger partial charge in [0.15, 0.2) is 0 Å². The number of nitrogens with zero attached hydrogens (tertiary/aromatic N) is 1. The van der Waals surface area contributed by atoms with Crippen molar-refractivity contribution >= 4 is 5.69 Å². The fraction of sp³-hybridized carbons (Fsp3) is 0.625. The summed E-state index contributed by atoms with van der Waals surface area (Å²) >= 11 is 0. The first kappa shape index (κ1) is 12.8. The number of benzene rings is 1. The van der Waals surface area contributed by atoms with E-state index in [1.807, 2.05) is 6.07 Å². The lowest BCUT2D eigenvalue weighted by molar-refractivity contribution is 0.227. The summed E-state index contributed by atoms with van der Waals surface area (Å²) in [6.45, 7) is 8.20. The molecule has 2 atom stereocenters. The van der Waals surface area contributed by atoms with E-state index in [-0.39, 0.29) is 0 Å². The van der Waals surface area contributed by atoms with Crippen LogP contribution in [0.1, 0.15) is 20.3 Å². The van der Waals surface area contributed by atoms with Gasteiger partial charge in [0.2, 0.25) is 0 Å². The van der Waals surface area contributed by atoms with Gasteiger partial charge in [-0.05, 0) is 29.9 Å². The van der Waals surface area contributed by atoms with Crippen LogP contribution >= 0.6 is 0 Å². The van der Waals surface area contributed by atoms with Gasteiger partial charge in [-0.3, -0.25) is 0 Å². The number of nitrogens with one attached hydrogen (secondary N) is 1. The number of hydrogen-bond acceptors (Lipinski definition) is 3. The summed E-state index contributed by atoms with van der Waals surface area (Å²) in [6.07, 6.45) is 1.28. The molecule has 0 saturated carbocycles. The van der Waals surface area contributed by atoms with Gasteiger partial charge in [0.05, 0.1) is 7.11 Å². The maximum atomic E-state index is 5.32. The molecule has 0 aliphatic carbocycles. The zero-order valence-electron chi connectivity index (χ0n) is 12.1. The number of fused-ring (bicyclic) bond motifs is 1. The molecule has 19 heavy (non-hydrogen) atoms. The van der Waals surface area contributed by atoms with Gasteiger partial charge in [0, 0.05) is 37.4 Å². The Hall–Kier alpha value is -1.22. The zero-order chi connectivity index (χ0) is 13.5. The highest BCUT2D eigenvalue weighted by atomic mass is 16.5. The van der Waals surface area contributed by atoms with Crippen LogP contribution in [0.4, 0.5) is 5.69 Å². The first-order valence-electron chi connectivity index (χ1n) is 7.22. The van der Waals surface area contributed by atoms with E-state index in [0.29, 0.717) is 11.5 Å². The Bertz CT molecular complexity index is 458. The van der Waals surface area contributed by atoms with Crippen molar-refractivity contribution in [2.24, 2.45) is 11.3 Å². The van der Waals surface area contributed by atoms with E-state index in [9.17, 15) is 0 Å². The van der Waals surface area contributed by atoms with Crippen molar-refractivity contribution in [2.45, 2.75) is 26.3 Å². The monoisotopic (exact) mass is 260 g/mol. The number of anilines is 1. The molecule has 2 aliphatic heterocycles. The fourth-order valence-electron chi connectivity index (χ4n) is 3.66. The second kappa shape index (κ2) is 4.71. The second-order valence-corrected chi connectivity index (χ2v) is 6.52. The van der Waals surface area contributed by atoms with E-state index < -0.39 is 0 Å². The van der Waals surface area contributed by atoms with Crippen molar-refractivity contribution in [3.63, 3.8) is 0 Å². The molecule has 0 radical (unpaired) electrons. The molecule has 1 N–H and O–H groups in total. The van der Waals surface area contributed by atoms with E-state index in [1.54, 1.807) is 7.11 Å². The minimum absolute atomic E-state index is 0.450. The molecule has 2 unspecified atom stereocenters. The molecule has 0 amide bonds. The van der Waals surface area contributed by atoms with E-state index in [0.717, 1.165) is 31.3 Å². The van der Waals surface area contributed by atoms with Crippen LogP contribution < -0.4 is 15.0 Å². The molecule has 0 aromatic heterocycles. The summed E-state index contributed by atoms with van der Waals surface area (Å²) in [5.74, 6) is 1.76. The molecule has 0 bridgehead atoms. The van der Waals surface area contributed by atoms with Crippen molar-refractivity contribution < 1.29 is 4.74 Å². The standard InChI is InChI=1S/C16H24N2O/c1-16(2)11-17-15-10-18(8-7-14(15)16)12-5-4-6-13(9-12)19-3/h4-6,9,14-15,17H,7-8,10-11H2,1-3H3. The summed E-state index contributed by atoms with van der Waals surface area (Å²) < 4.78 is 5.32. The van der Waals surface area contributed by atoms with Gasteiger partial charge in [0.1, 0.15) is 5.75 Å². The van der Waals surface area contributed by atoms with Crippen molar-refractivity contribution in [1.29, 1.82) is 0 Å². The van der Waals surface area contributed by atoms with Crippen LogP contribution in [0.3, 0.4) is 0 Å². The SMILES string of the molecule is COc1cccc(N2CCC3C(C2)NCC3(C)C)c1. The lowest BCUT2D eigenvalue weighted by Crippen LogP contribution is -2.47. The molecule has 0 spiro atoms. The number of ether oxygens (including phenoxy) is 1. The van der Waals surface area contributed by atoms with E-state index >= 15 is 0 Å². The van der Waals surface area contributed by atoms with Gasteiger partial charge >= 0.3 is 0 Å². The van der Waals surface area contributed by atoms with Crippen LogP contribution in [0.25, 0.3) is 0 Å². The molecule has 2 saturated heterocycles. The summed E-state index contributed by atoms with van der Waals surface area (Å²) in [6, 6.07) is 9.04. The summed E-state index contributed by atoms with van der Waals surface area (Å²) in [7, 11) is 1.73. The maximum Gasteiger partial charge on any atom is 0.120 e. The number of methoxy groups -OCH3 is 1. The smallest absolute Gasteiger partial charge is 0.120 e.